The van der Waals surface area contributed by atoms with Gasteiger partial charge in [0.2, 0.25) is 5.91 Å². The molecule has 2 aromatic carbocycles. The highest BCUT2D eigenvalue weighted by Crippen LogP contribution is 2.30. The number of amides is 1. The van der Waals surface area contributed by atoms with Crippen molar-refractivity contribution in [3.05, 3.63) is 78.1 Å². The van der Waals surface area contributed by atoms with Gasteiger partial charge in [0, 0.05) is 32.0 Å². The van der Waals surface area contributed by atoms with Crippen LogP contribution in [0.4, 0.5) is 5.82 Å². The fourth-order valence-electron chi connectivity index (χ4n) is 4.06. The molecule has 33 heavy (non-hydrogen) atoms. The molecule has 1 N–H and O–H groups in total. The van der Waals surface area contributed by atoms with Crippen LogP contribution < -0.4 is 15.0 Å². The Labute approximate surface area is 199 Å². The predicted molar refractivity (Wildman–Crippen MR) is 133 cm³/mol. The first-order valence-corrected chi connectivity index (χ1v) is 12.3. The van der Waals surface area contributed by atoms with Gasteiger partial charge in [-0.15, -0.1) is 0 Å². The minimum Gasteiger partial charge on any atom is -0.497 e. The van der Waals surface area contributed by atoms with Gasteiger partial charge in [-0.05, 0) is 48.4 Å². The van der Waals surface area contributed by atoms with Gasteiger partial charge in [0.1, 0.15) is 10.8 Å². The van der Waals surface area contributed by atoms with E-state index in [9.17, 15) is 4.79 Å². The van der Waals surface area contributed by atoms with Crippen molar-refractivity contribution >= 4 is 23.5 Å². The van der Waals surface area contributed by atoms with E-state index < -0.39 is 0 Å². The maximum Gasteiger partial charge on any atom is 0.230 e. The molecule has 4 rings (SSSR count). The fourth-order valence-corrected chi connectivity index (χ4v) is 4.88. The average Bonchev–Trinajstić information content (AvgIpc) is 2.88. The molecule has 1 aromatic heterocycles. The number of nitrogens with one attached hydrogen (secondary N) is 1. The molecule has 0 unspecified atom stereocenters. The molecule has 0 aliphatic carbocycles. The first kappa shape index (κ1) is 23.1. The first-order chi connectivity index (χ1) is 16.2. The summed E-state index contributed by atoms with van der Waals surface area (Å²) in [5.74, 6) is 2.68. The van der Waals surface area contributed by atoms with Gasteiger partial charge in [0.05, 0.1) is 12.9 Å². The Bertz CT molecular complexity index is 1020. The van der Waals surface area contributed by atoms with Crippen molar-refractivity contribution in [1.82, 2.24) is 15.3 Å². The van der Waals surface area contributed by atoms with Crippen LogP contribution in [0.15, 0.2) is 72.0 Å². The van der Waals surface area contributed by atoms with Crippen LogP contribution >= 0.6 is 11.8 Å². The molecule has 6 nitrogen and oxygen atoms in total. The Hall–Kier alpha value is -3.06. The van der Waals surface area contributed by atoms with Crippen LogP contribution in [0.5, 0.6) is 5.75 Å². The lowest BCUT2D eigenvalue weighted by atomic mass is 9.90. The zero-order chi connectivity index (χ0) is 22.9. The van der Waals surface area contributed by atoms with Crippen LogP contribution in [-0.4, -0.2) is 41.8 Å². The smallest absolute Gasteiger partial charge is 0.230 e. The largest absolute Gasteiger partial charge is 0.497 e. The molecule has 0 spiro atoms. The van der Waals surface area contributed by atoms with E-state index in [1.165, 1.54) is 17.3 Å². The molecule has 7 heteroatoms. The number of carbonyl (C=O) groups is 1. The van der Waals surface area contributed by atoms with Gasteiger partial charge in [0.25, 0.3) is 0 Å². The lowest BCUT2D eigenvalue weighted by Crippen LogP contribution is -2.35. The number of carbonyl (C=O) groups excluding carboxylic acids is 1. The number of aromatic nitrogens is 2. The van der Waals surface area contributed by atoms with Gasteiger partial charge < -0.3 is 15.0 Å². The van der Waals surface area contributed by atoms with E-state index in [1.54, 1.807) is 19.5 Å². The number of thioether (sulfide) groups is 1. The molecular weight excluding hydrogens is 432 g/mol. The predicted octanol–water partition coefficient (Wildman–Crippen LogP) is 4.35. The van der Waals surface area contributed by atoms with Gasteiger partial charge in [-0.3, -0.25) is 4.79 Å². The van der Waals surface area contributed by atoms with Gasteiger partial charge in [-0.2, -0.15) is 0 Å². The van der Waals surface area contributed by atoms with Crippen molar-refractivity contribution in [2.45, 2.75) is 30.8 Å². The van der Waals surface area contributed by atoms with Gasteiger partial charge >= 0.3 is 0 Å². The van der Waals surface area contributed by atoms with Crippen molar-refractivity contribution in [3.8, 4) is 5.75 Å². The third kappa shape index (κ3) is 6.71. The van der Waals surface area contributed by atoms with Crippen molar-refractivity contribution < 1.29 is 9.53 Å². The van der Waals surface area contributed by atoms with Crippen LogP contribution in [-0.2, 0) is 17.8 Å². The normalized spacial score (nSPS) is 14.2. The van der Waals surface area contributed by atoms with Crippen LogP contribution in [0.1, 0.15) is 24.0 Å². The number of anilines is 1. The summed E-state index contributed by atoms with van der Waals surface area (Å²) in [6.45, 7) is 2.42. The number of methoxy groups -OCH3 is 1. The summed E-state index contributed by atoms with van der Waals surface area (Å²) in [6, 6.07) is 18.4. The van der Waals surface area contributed by atoms with E-state index >= 15 is 0 Å². The van der Waals surface area contributed by atoms with Crippen LogP contribution in [0.2, 0.25) is 0 Å². The van der Waals surface area contributed by atoms with E-state index in [-0.39, 0.29) is 5.91 Å². The van der Waals surface area contributed by atoms with E-state index in [0.717, 1.165) is 54.5 Å². The highest BCUT2D eigenvalue weighted by molar-refractivity contribution is 8.00. The lowest BCUT2D eigenvalue weighted by Gasteiger charge is -2.33. The Morgan fingerprint density at radius 2 is 1.76 bits per heavy atom. The average molecular weight is 463 g/mol. The molecule has 1 fully saturated rings. The molecule has 1 aliphatic heterocycles. The summed E-state index contributed by atoms with van der Waals surface area (Å²) in [5, 5.41) is 3.79. The number of benzene rings is 2. The number of hydrogen-bond donors (Lipinski definition) is 1. The van der Waals surface area contributed by atoms with Crippen molar-refractivity contribution in [2.75, 3.05) is 30.9 Å². The third-order valence-electron chi connectivity index (χ3n) is 5.92. The Morgan fingerprint density at radius 3 is 2.48 bits per heavy atom. The van der Waals surface area contributed by atoms with Gasteiger partial charge in [-0.1, -0.05) is 54.2 Å². The molecule has 0 saturated carbocycles. The molecular formula is C26H30N4O2S. The summed E-state index contributed by atoms with van der Waals surface area (Å²) >= 11 is 1.45. The number of nitrogens with zero attached hydrogens (tertiary/aromatic N) is 3. The quantitative estimate of drug-likeness (QED) is 0.477. The lowest BCUT2D eigenvalue weighted by molar-refractivity contribution is -0.118. The fraction of sp³-hybridized carbons (Fsp3) is 0.346. The van der Waals surface area contributed by atoms with Crippen molar-refractivity contribution in [3.63, 3.8) is 0 Å². The van der Waals surface area contributed by atoms with E-state index in [1.807, 2.05) is 24.3 Å². The first-order valence-electron chi connectivity index (χ1n) is 11.3. The second kappa shape index (κ2) is 11.7. The molecule has 1 amide bonds. The van der Waals surface area contributed by atoms with Crippen LogP contribution in [0.25, 0.3) is 0 Å². The topological polar surface area (TPSA) is 67.3 Å². The van der Waals surface area contributed by atoms with E-state index in [4.69, 9.17) is 4.74 Å². The molecule has 172 valence electrons. The standard InChI is InChI=1S/C26H30N4O2S/c1-32-23-9-7-22(8-10-23)18-29-24(31)19-33-26-25(27-13-14-28-26)30-15-11-21(12-16-30)17-20-5-3-2-4-6-20/h2-10,13-14,21H,11-12,15-19H2,1H3,(H,29,31). The second-order valence-corrected chi connectivity index (χ2v) is 9.18. The molecule has 0 radical (unpaired) electrons. The number of hydrogen-bond acceptors (Lipinski definition) is 6. The number of piperidine rings is 1. The molecule has 1 aliphatic rings. The zero-order valence-electron chi connectivity index (χ0n) is 18.9. The maximum absolute atomic E-state index is 12.4. The monoisotopic (exact) mass is 462 g/mol. The molecule has 1 saturated heterocycles. The van der Waals surface area contributed by atoms with Gasteiger partial charge in [0.15, 0.2) is 5.82 Å². The Kier molecular flexibility index (Phi) is 8.19. The highest BCUT2D eigenvalue weighted by Gasteiger charge is 2.23. The zero-order valence-corrected chi connectivity index (χ0v) is 19.8. The van der Waals surface area contributed by atoms with Crippen LogP contribution in [0, 0.1) is 5.92 Å². The Balaban J connectivity index is 1.26. The number of rotatable bonds is 9. The SMILES string of the molecule is COc1ccc(CNC(=O)CSc2nccnc2N2CCC(Cc3ccccc3)CC2)cc1. The molecule has 0 bridgehead atoms. The minimum atomic E-state index is -0.0195. The van der Waals surface area contributed by atoms with E-state index in [2.05, 4.69) is 50.5 Å². The summed E-state index contributed by atoms with van der Waals surface area (Å²) in [6.07, 6.45) is 6.84. The summed E-state index contributed by atoms with van der Waals surface area (Å²) < 4.78 is 5.17. The maximum atomic E-state index is 12.4. The molecule has 3 aromatic rings. The van der Waals surface area contributed by atoms with Crippen molar-refractivity contribution in [1.29, 1.82) is 0 Å². The second-order valence-electron chi connectivity index (χ2n) is 8.22. The molecule has 2 heterocycles. The summed E-state index contributed by atoms with van der Waals surface area (Å²) in [4.78, 5) is 23.8. The van der Waals surface area contributed by atoms with Gasteiger partial charge in [-0.25, -0.2) is 9.97 Å². The highest BCUT2D eigenvalue weighted by atomic mass is 32.2. The molecule has 0 atom stereocenters. The van der Waals surface area contributed by atoms with Crippen LogP contribution in [0.3, 0.4) is 0 Å². The summed E-state index contributed by atoms with van der Waals surface area (Å²) in [5.41, 5.74) is 2.44. The van der Waals surface area contributed by atoms with Crippen molar-refractivity contribution in [2.24, 2.45) is 5.92 Å². The summed E-state index contributed by atoms with van der Waals surface area (Å²) in [7, 11) is 1.64. The third-order valence-corrected chi connectivity index (χ3v) is 6.88. The number of ether oxygens (including phenoxy) is 1. The Morgan fingerprint density at radius 1 is 1.03 bits per heavy atom. The minimum absolute atomic E-state index is 0.0195. The van der Waals surface area contributed by atoms with E-state index in [0.29, 0.717) is 18.2 Å².